The Morgan fingerprint density at radius 3 is 3.06 bits per heavy atom. The molecule has 6 rings (SSSR count). The van der Waals surface area contributed by atoms with Crippen molar-refractivity contribution >= 4 is 40.6 Å². The lowest BCUT2D eigenvalue weighted by molar-refractivity contribution is 0.304. The predicted molar refractivity (Wildman–Crippen MR) is 133 cm³/mol. The second kappa shape index (κ2) is 6.80. The molecule has 3 aliphatic rings. The highest BCUT2D eigenvalue weighted by molar-refractivity contribution is 7.13. The number of allylic oxidation sites excluding steroid dienone is 6. The molecule has 2 aromatic heterocycles. The van der Waals surface area contributed by atoms with Gasteiger partial charge >= 0.3 is 0 Å². The number of aromatic nitrogens is 2. The Morgan fingerprint density at radius 2 is 2.19 bits per heavy atom. The molecular weight excluding hydrogens is 396 g/mol. The number of benzene rings is 1. The number of nitrogens with zero attached hydrogens (tertiary/aromatic N) is 2. The second-order valence-corrected chi connectivity index (χ2v) is 10.2. The largest absolute Gasteiger partial charge is 0.314 e. The van der Waals surface area contributed by atoms with Crippen LogP contribution in [0.1, 0.15) is 45.6 Å². The molecule has 0 N–H and O–H groups in total. The van der Waals surface area contributed by atoms with E-state index < -0.39 is 0 Å². The Hall–Kier alpha value is -2.91. The molecule has 2 aliphatic carbocycles. The van der Waals surface area contributed by atoms with Gasteiger partial charge in [-0.2, -0.15) is 0 Å². The van der Waals surface area contributed by atoms with Gasteiger partial charge in [0.2, 0.25) is 0 Å². The molecule has 3 heterocycles. The van der Waals surface area contributed by atoms with Gasteiger partial charge in [0.1, 0.15) is 5.82 Å². The summed E-state index contributed by atoms with van der Waals surface area (Å²) in [5.41, 5.74) is 7.73. The Bertz CT molecular complexity index is 1360. The summed E-state index contributed by atoms with van der Waals surface area (Å²) >= 11 is 1.99. The van der Waals surface area contributed by atoms with Crippen LogP contribution in [0, 0.1) is 12.8 Å². The van der Waals surface area contributed by atoms with Gasteiger partial charge in [-0.05, 0) is 79.7 Å². The Kier molecular flexibility index (Phi) is 4.13. The summed E-state index contributed by atoms with van der Waals surface area (Å²) in [6.07, 6.45) is 21.3. The van der Waals surface area contributed by atoms with Gasteiger partial charge in [-0.15, -0.1) is 11.3 Å². The predicted octanol–water partition coefficient (Wildman–Crippen LogP) is 7.11. The number of fused-ring (bicyclic) bond motifs is 6. The Morgan fingerprint density at radius 1 is 1.29 bits per heavy atom. The summed E-state index contributed by atoms with van der Waals surface area (Å²) in [5.74, 6) is 1.42. The topological polar surface area (TPSA) is 17.8 Å². The van der Waals surface area contributed by atoms with Gasteiger partial charge in [0, 0.05) is 15.7 Å². The highest BCUT2D eigenvalue weighted by Gasteiger charge is 2.44. The van der Waals surface area contributed by atoms with E-state index in [0.29, 0.717) is 5.92 Å². The molecule has 0 saturated carbocycles. The molecule has 0 amide bonds. The standard InChI is InChI=1S/C28H26N2S/c1-4-5-8-19-17-27-29-23-14-11-18(2)15-24(23)30(27)28(19,3)20-12-13-22-21-9-6-7-10-25(21)31-26(22)16-20/h4-5,7-8,10-15,17,20H,1,6,9,16H2,2-3H3/b8-5-. The summed E-state index contributed by atoms with van der Waals surface area (Å²) in [6, 6.07) is 6.59. The first-order chi connectivity index (χ1) is 15.1. The van der Waals surface area contributed by atoms with Crippen LogP contribution in [0.4, 0.5) is 0 Å². The molecule has 31 heavy (non-hydrogen) atoms. The van der Waals surface area contributed by atoms with Crippen molar-refractivity contribution in [3.63, 3.8) is 0 Å². The van der Waals surface area contributed by atoms with E-state index in [2.05, 4.69) is 85.7 Å². The summed E-state index contributed by atoms with van der Waals surface area (Å²) < 4.78 is 2.48. The Balaban J connectivity index is 1.51. The quantitative estimate of drug-likeness (QED) is 0.411. The van der Waals surface area contributed by atoms with Crippen LogP contribution in [-0.2, 0) is 18.4 Å². The number of thiophene rings is 1. The van der Waals surface area contributed by atoms with Gasteiger partial charge in [-0.1, -0.05) is 49.1 Å². The molecule has 1 aliphatic heterocycles. The lowest BCUT2D eigenvalue weighted by Crippen LogP contribution is -2.38. The lowest BCUT2D eigenvalue weighted by Gasteiger charge is -2.38. The fraction of sp³-hybridized carbons (Fsp3) is 0.250. The van der Waals surface area contributed by atoms with Crippen molar-refractivity contribution in [3.05, 3.63) is 93.0 Å². The third kappa shape index (κ3) is 2.66. The maximum Gasteiger partial charge on any atom is 0.134 e. The lowest BCUT2D eigenvalue weighted by atomic mass is 9.74. The van der Waals surface area contributed by atoms with E-state index in [1.54, 1.807) is 5.56 Å². The minimum atomic E-state index is -0.189. The molecule has 0 fully saturated rings. The van der Waals surface area contributed by atoms with Crippen LogP contribution in [0.2, 0.25) is 0 Å². The highest BCUT2D eigenvalue weighted by atomic mass is 32.1. The van der Waals surface area contributed by atoms with Gasteiger partial charge < -0.3 is 4.57 Å². The SMILES string of the molecule is C=C/C=C\C1=Cc2nc3ccc(C)cc3n2C1(C)C1C=Cc2c(sc3c2CCC=C3)C1. The summed E-state index contributed by atoms with van der Waals surface area (Å²) in [6.45, 7) is 8.44. The fourth-order valence-corrected chi connectivity index (χ4v) is 6.87. The van der Waals surface area contributed by atoms with Gasteiger partial charge in [0.25, 0.3) is 0 Å². The van der Waals surface area contributed by atoms with Crippen LogP contribution in [0.3, 0.4) is 0 Å². The van der Waals surface area contributed by atoms with E-state index >= 15 is 0 Å². The molecule has 2 atom stereocenters. The van der Waals surface area contributed by atoms with Gasteiger partial charge in [-0.3, -0.25) is 0 Å². The van der Waals surface area contributed by atoms with Crippen molar-refractivity contribution in [2.45, 2.75) is 38.6 Å². The van der Waals surface area contributed by atoms with Crippen LogP contribution in [-0.4, -0.2) is 9.55 Å². The van der Waals surface area contributed by atoms with Gasteiger partial charge in [0.05, 0.1) is 16.6 Å². The molecule has 3 aromatic rings. The average Bonchev–Trinajstić information content (AvgIpc) is 3.41. The van der Waals surface area contributed by atoms with Crippen molar-refractivity contribution in [2.24, 2.45) is 5.92 Å². The molecular formula is C28H26N2S. The van der Waals surface area contributed by atoms with Crippen molar-refractivity contribution in [2.75, 3.05) is 0 Å². The molecule has 2 unspecified atom stereocenters. The second-order valence-electron chi connectivity index (χ2n) is 9.03. The maximum atomic E-state index is 4.98. The molecule has 3 heteroatoms. The number of hydrogen-bond donors (Lipinski definition) is 0. The van der Waals surface area contributed by atoms with Crippen LogP contribution in [0.15, 0.2) is 60.7 Å². The normalized spacial score (nSPS) is 23.8. The fourth-order valence-electron chi connectivity index (χ4n) is 5.54. The van der Waals surface area contributed by atoms with Crippen LogP contribution in [0.5, 0.6) is 0 Å². The average molecular weight is 423 g/mol. The van der Waals surface area contributed by atoms with Gasteiger partial charge in [-0.25, -0.2) is 4.98 Å². The van der Waals surface area contributed by atoms with Crippen molar-refractivity contribution in [1.29, 1.82) is 0 Å². The minimum Gasteiger partial charge on any atom is -0.314 e. The number of rotatable bonds is 3. The van der Waals surface area contributed by atoms with E-state index in [9.17, 15) is 0 Å². The van der Waals surface area contributed by atoms with Crippen LogP contribution in [0.25, 0.3) is 29.3 Å². The first-order valence-corrected chi connectivity index (χ1v) is 11.9. The van der Waals surface area contributed by atoms with Gasteiger partial charge in [0.15, 0.2) is 0 Å². The molecule has 0 spiro atoms. The van der Waals surface area contributed by atoms with E-state index in [1.165, 1.54) is 38.4 Å². The first kappa shape index (κ1) is 18.8. The molecule has 2 nitrogen and oxygen atoms in total. The van der Waals surface area contributed by atoms with E-state index in [-0.39, 0.29) is 5.54 Å². The maximum absolute atomic E-state index is 4.98. The monoisotopic (exact) mass is 422 g/mol. The van der Waals surface area contributed by atoms with Crippen LogP contribution >= 0.6 is 11.3 Å². The summed E-state index contributed by atoms with van der Waals surface area (Å²) in [7, 11) is 0. The third-order valence-electron chi connectivity index (χ3n) is 7.19. The zero-order chi connectivity index (χ0) is 21.2. The zero-order valence-corrected chi connectivity index (χ0v) is 18.9. The summed E-state index contributed by atoms with van der Waals surface area (Å²) in [5, 5.41) is 0. The summed E-state index contributed by atoms with van der Waals surface area (Å²) in [4.78, 5) is 7.97. The minimum absolute atomic E-state index is 0.189. The van der Waals surface area contributed by atoms with Crippen LogP contribution < -0.4 is 0 Å². The molecule has 0 radical (unpaired) electrons. The van der Waals surface area contributed by atoms with E-state index in [4.69, 9.17) is 4.98 Å². The molecule has 1 aromatic carbocycles. The number of hydrogen-bond acceptors (Lipinski definition) is 2. The Labute approximate surface area is 187 Å². The zero-order valence-electron chi connectivity index (χ0n) is 18.1. The number of imidazole rings is 1. The van der Waals surface area contributed by atoms with Crippen molar-refractivity contribution < 1.29 is 0 Å². The molecule has 0 saturated heterocycles. The van der Waals surface area contributed by atoms with Crippen molar-refractivity contribution in [3.8, 4) is 0 Å². The molecule has 0 bridgehead atoms. The smallest absolute Gasteiger partial charge is 0.134 e. The van der Waals surface area contributed by atoms with Crippen molar-refractivity contribution in [1.82, 2.24) is 9.55 Å². The van der Waals surface area contributed by atoms with E-state index in [0.717, 1.165) is 24.2 Å². The number of aryl methyl sites for hydroxylation is 1. The third-order valence-corrected chi connectivity index (χ3v) is 8.43. The molecule has 154 valence electrons. The first-order valence-electron chi connectivity index (χ1n) is 11.1. The highest BCUT2D eigenvalue weighted by Crippen LogP contribution is 2.49. The van der Waals surface area contributed by atoms with E-state index in [1.807, 2.05) is 17.4 Å².